The van der Waals surface area contributed by atoms with Gasteiger partial charge in [0.1, 0.15) is 0 Å². The predicted molar refractivity (Wildman–Crippen MR) is 165 cm³/mol. The van der Waals surface area contributed by atoms with Crippen molar-refractivity contribution in [3.8, 4) is 22.3 Å². The number of aryl methyl sites for hydroxylation is 2. The van der Waals surface area contributed by atoms with Gasteiger partial charge in [-0.25, -0.2) is 0 Å². The molecule has 1 nitrogen and oxygen atoms in total. The van der Waals surface area contributed by atoms with Crippen molar-refractivity contribution in [2.45, 2.75) is 20.3 Å². The standard InChI is InChI=1S/C37H31N/c1-25-23-35(26(2)22-28(25)13-4-3-11-21-38)37-33-17-9-7-15-31(33)36(32-16-8-10-18-34(32)37)30-20-19-27-12-5-6-14-29(27)24-30/h3-12,14-24H,13,38H2,1-2H3/b4-3-,21-11-. The average Bonchev–Trinajstić information content (AvgIpc) is 2.95. The van der Waals surface area contributed by atoms with E-state index in [9.17, 15) is 0 Å². The predicted octanol–water partition coefficient (Wildman–Crippen LogP) is 9.67. The fourth-order valence-corrected chi connectivity index (χ4v) is 5.78. The molecule has 0 saturated carbocycles. The molecule has 184 valence electrons. The van der Waals surface area contributed by atoms with E-state index >= 15 is 0 Å². The molecule has 6 aromatic rings. The second kappa shape index (κ2) is 10.0. The molecule has 0 heterocycles. The topological polar surface area (TPSA) is 26.0 Å². The summed E-state index contributed by atoms with van der Waals surface area (Å²) in [6, 6.07) is 37.9. The van der Waals surface area contributed by atoms with Gasteiger partial charge in [-0.05, 0) is 110 Å². The molecule has 0 unspecified atom stereocenters. The molecule has 0 amide bonds. The van der Waals surface area contributed by atoms with Crippen molar-refractivity contribution in [2.24, 2.45) is 5.73 Å². The maximum Gasteiger partial charge on any atom is -0.00236 e. The van der Waals surface area contributed by atoms with E-state index in [1.165, 1.54) is 71.3 Å². The van der Waals surface area contributed by atoms with Crippen LogP contribution in [0.1, 0.15) is 16.7 Å². The molecule has 0 saturated heterocycles. The van der Waals surface area contributed by atoms with Gasteiger partial charge >= 0.3 is 0 Å². The van der Waals surface area contributed by atoms with Crippen LogP contribution in [0.5, 0.6) is 0 Å². The second-order valence-corrected chi connectivity index (χ2v) is 10.0. The Kier molecular flexibility index (Phi) is 6.27. The maximum absolute atomic E-state index is 5.48. The average molecular weight is 490 g/mol. The van der Waals surface area contributed by atoms with E-state index in [4.69, 9.17) is 5.73 Å². The number of nitrogens with two attached hydrogens (primary N) is 1. The molecule has 0 fully saturated rings. The van der Waals surface area contributed by atoms with Crippen LogP contribution in [0, 0.1) is 13.8 Å². The molecule has 0 aliphatic heterocycles. The first-order chi connectivity index (χ1) is 18.7. The summed E-state index contributed by atoms with van der Waals surface area (Å²) < 4.78 is 0. The molecule has 0 aliphatic carbocycles. The lowest BCUT2D eigenvalue weighted by atomic mass is 9.83. The molecule has 2 N–H and O–H groups in total. The lowest BCUT2D eigenvalue weighted by Crippen LogP contribution is -1.95. The van der Waals surface area contributed by atoms with Gasteiger partial charge in [-0.2, -0.15) is 0 Å². The van der Waals surface area contributed by atoms with E-state index in [-0.39, 0.29) is 0 Å². The first-order valence-corrected chi connectivity index (χ1v) is 13.2. The van der Waals surface area contributed by atoms with Crippen LogP contribution in [0.4, 0.5) is 0 Å². The number of allylic oxidation sites excluding steroid dienone is 3. The van der Waals surface area contributed by atoms with Crippen LogP contribution in [0.25, 0.3) is 54.6 Å². The van der Waals surface area contributed by atoms with E-state index < -0.39 is 0 Å². The van der Waals surface area contributed by atoms with Crippen molar-refractivity contribution in [3.63, 3.8) is 0 Å². The number of rotatable bonds is 5. The van der Waals surface area contributed by atoms with Gasteiger partial charge in [0, 0.05) is 0 Å². The van der Waals surface area contributed by atoms with Gasteiger partial charge in [0.15, 0.2) is 0 Å². The van der Waals surface area contributed by atoms with Gasteiger partial charge in [-0.1, -0.05) is 109 Å². The quantitative estimate of drug-likeness (QED) is 0.189. The first-order valence-electron chi connectivity index (χ1n) is 13.2. The van der Waals surface area contributed by atoms with E-state index in [1.54, 1.807) is 6.20 Å². The molecular weight excluding hydrogens is 458 g/mol. The van der Waals surface area contributed by atoms with Gasteiger partial charge in [-0.15, -0.1) is 0 Å². The third-order valence-electron chi connectivity index (χ3n) is 7.62. The molecule has 0 radical (unpaired) electrons. The van der Waals surface area contributed by atoms with Crippen LogP contribution in [0.2, 0.25) is 0 Å². The first kappa shape index (κ1) is 23.8. The van der Waals surface area contributed by atoms with Crippen molar-refractivity contribution in [1.82, 2.24) is 0 Å². The Morgan fingerprint density at radius 1 is 0.579 bits per heavy atom. The zero-order chi connectivity index (χ0) is 26.1. The minimum Gasteiger partial charge on any atom is -0.405 e. The highest BCUT2D eigenvalue weighted by molar-refractivity contribution is 6.22. The monoisotopic (exact) mass is 489 g/mol. The summed E-state index contributed by atoms with van der Waals surface area (Å²) in [5.74, 6) is 0. The molecular formula is C37H31N. The molecule has 0 spiro atoms. The van der Waals surface area contributed by atoms with Crippen LogP contribution in [0.15, 0.2) is 128 Å². The normalized spacial score (nSPS) is 11.9. The summed E-state index contributed by atoms with van der Waals surface area (Å²) in [5, 5.41) is 7.68. The summed E-state index contributed by atoms with van der Waals surface area (Å²) in [7, 11) is 0. The molecule has 1 heteroatoms. The Labute approximate surface area is 224 Å². The van der Waals surface area contributed by atoms with Crippen LogP contribution in [-0.4, -0.2) is 0 Å². The molecule has 0 aromatic heterocycles. The van der Waals surface area contributed by atoms with E-state index in [0.29, 0.717) is 0 Å². The van der Waals surface area contributed by atoms with Crippen LogP contribution in [0.3, 0.4) is 0 Å². The number of hydrogen-bond donors (Lipinski definition) is 1. The van der Waals surface area contributed by atoms with Crippen molar-refractivity contribution in [2.75, 3.05) is 0 Å². The van der Waals surface area contributed by atoms with Crippen molar-refractivity contribution in [3.05, 3.63) is 144 Å². The Morgan fingerprint density at radius 3 is 1.84 bits per heavy atom. The fraction of sp³-hybridized carbons (Fsp3) is 0.0811. The van der Waals surface area contributed by atoms with E-state index in [0.717, 1.165) is 6.42 Å². The minimum absolute atomic E-state index is 0.889. The fourth-order valence-electron chi connectivity index (χ4n) is 5.78. The third kappa shape index (κ3) is 4.17. The summed E-state index contributed by atoms with van der Waals surface area (Å²) in [6.45, 7) is 4.46. The largest absolute Gasteiger partial charge is 0.405 e. The summed E-state index contributed by atoms with van der Waals surface area (Å²) in [6.07, 6.45) is 8.49. The minimum atomic E-state index is 0.889. The lowest BCUT2D eigenvalue weighted by molar-refractivity contribution is 1.20. The maximum atomic E-state index is 5.48. The van der Waals surface area contributed by atoms with Crippen molar-refractivity contribution in [1.29, 1.82) is 0 Å². The summed E-state index contributed by atoms with van der Waals surface area (Å²) in [5.41, 5.74) is 14.6. The zero-order valence-electron chi connectivity index (χ0n) is 21.9. The Hall–Kier alpha value is -4.62. The Morgan fingerprint density at radius 2 is 1.18 bits per heavy atom. The van der Waals surface area contributed by atoms with Gasteiger partial charge in [0.2, 0.25) is 0 Å². The Bertz CT molecular complexity index is 1810. The van der Waals surface area contributed by atoms with Crippen LogP contribution < -0.4 is 5.73 Å². The molecule has 6 rings (SSSR count). The molecule has 38 heavy (non-hydrogen) atoms. The summed E-state index contributed by atoms with van der Waals surface area (Å²) in [4.78, 5) is 0. The number of benzene rings is 6. The van der Waals surface area contributed by atoms with Gasteiger partial charge in [-0.3, -0.25) is 0 Å². The van der Waals surface area contributed by atoms with Crippen molar-refractivity contribution < 1.29 is 0 Å². The summed E-state index contributed by atoms with van der Waals surface area (Å²) >= 11 is 0. The smallest absolute Gasteiger partial charge is 0.00236 e. The lowest BCUT2D eigenvalue weighted by Gasteiger charge is -2.20. The van der Waals surface area contributed by atoms with Crippen LogP contribution >= 0.6 is 0 Å². The zero-order valence-corrected chi connectivity index (χ0v) is 21.9. The number of fused-ring (bicyclic) bond motifs is 3. The number of hydrogen-bond acceptors (Lipinski definition) is 1. The molecule has 0 bridgehead atoms. The SMILES string of the molecule is Cc1cc(-c2c3ccccc3c(-c3ccc4ccccc4c3)c3ccccc23)c(C)cc1C/C=C\C=C/N. The van der Waals surface area contributed by atoms with E-state index in [2.05, 4.69) is 123 Å². The Balaban J connectivity index is 1.62. The highest BCUT2D eigenvalue weighted by Gasteiger charge is 2.18. The van der Waals surface area contributed by atoms with Gasteiger partial charge in [0.05, 0.1) is 0 Å². The van der Waals surface area contributed by atoms with Crippen molar-refractivity contribution >= 4 is 32.3 Å². The highest BCUT2D eigenvalue weighted by atomic mass is 14.5. The van der Waals surface area contributed by atoms with Gasteiger partial charge < -0.3 is 5.73 Å². The van der Waals surface area contributed by atoms with Gasteiger partial charge in [0.25, 0.3) is 0 Å². The second-order valence-electron chi connectivity index (χ2n) is 10.0. The molecule has 0 aliphatic rings. The molecule has 0 atom stereocenters. The van der Waals surface area contributed by atoms with Crippen LogP contribution in [-0.2, 0) is 6.42 Å². The highest BCUT2D eigenvalue weighted by Crippen LogP contribution is 2.45. The van der Waals surface area contributed by atoms with E-state index in [1.807, 2.05) is 12.2 Å². The molecule has 6 aromatic carbocycles. The third-order valence-corrected chi connectivity index (χ3v) is 7.62.